The summed E-state index contributed by atoms with van der Waals surface area (Å²) in [7, 11) is 0. The zero-order chi connectivity index (χ0) is 22.9. The molecule has 0 unspecified atom stereocenters. The van der Waals surface area contributed by atoms with Crippen LogP contribution in [0.3, 0.4) is 0 Å². The van der Waals surface area contributed by atoms with E-state index in [1.807, 2.05) is 0 Å². The predicted molar refractivity (Wildman–Crippen MR) is 120 cm³/mol. The van der Waals surface area contributed by atoms with E-state index >= 15 is 0 Å². The Morgan fingerprint density at radius 2 is 1.61 bits per heavy atom. The molecule has 1 amide bonds. The maximum absolute atomic E-state index is 14.8. The summed E-state index contributed by atoms with van der Waals surface area (Å²) >= 11 is 0. The number of benzene rings is 3. The highest BCUT2D eigenvalue weighted by Gasteiger charge is 2.27. The van der Waals surface area contributed by atoms with E-state index in [0.29, 0.717) is 17.7 Å². The molecule has 0 saturated heterocycles. The second kappa shape index (κ2) is 8.58. The molecule has 1 N–H and O–H groups in total. The van der Waals surface area contributed by atoms with E-state index in [9.17, 15) is 18.0 Å². The lowest BCUT2D eigenvalue weighted by molar-refractivity contribution is 0.102. The average Bonchev–Trinajstić information content (AvgIpc) is 3.21. The van der Waals surface area contributed by atoms with Crippen molar-refractivity contribution in [2.75, 3.05) is 5.32 Å². The fourth-order valence-corrected chi connectivity index (χ4v) is 4.30. The van der Waals surface area contributed by atoms with Crippen molar-refractivity contribution in [2.45, 2.75) is 25.7 Å². The highest BCUT2D eigenvalue weighted by molar-refractivity contribution is 6.06. The molecule has 1 heterocycles. The van der Waals surface area contributed by atoms with Gasteiger partial charge in [0.2, 0.25) is 0 Å². The van der Waals surface area contributed by atoms with Crippen LogP contribution in [-0.4, -0.2) is 15.7 Å². The number of fused-ring (bicyclic) bond motifs is 1. The van der Waals surface area contributed by atoms with Crippen molar-refractivity contribution < 1.29 is 18.0 Å². The maximum atomic E-state index is 14.8. The van der Waals surface area contributed by atoms with Gasteiger partial charge in [-0.25, -0.2) is 17.9 Å². The van der Waals surface area contributed by atoms with Gasteiger partial charge in [-0.15, -0.1) is 0 Å². The van der Waals surface area contributed by atoms with Crippen LogP contribution in [0.2, 0.25) is 0 Å². The lowest BCUT2D eigenvalue weighted by Gasteiger charge is -2.15. The largest absolute Gasteiger partial charge is 0.318 e. The Bertz CT molecular complexity index is 1330. The minimum Gasteiger partial charge on any atom is -0.318 e. The number of aromatic nitrogens is 2. The molecule has 0 bridgehead atoms. The Balaban J connectivity index is 1.56. The Kier molecular flexibility index (Phi) is 5.46. The highest BCUT2D eigenvalue weighted by Crippen LogP contribution is 2.33. The number of carbonyl (C=O) groups excluding carboxylic acids is 1. The molecule has 4 aromatic rings. The number of rotatable bonds is 4. The zero-order valence-corrected chi connectivity index (χ0v) is 17.6. The van der Waals surface area contributed by atoms with Gasteiger partial charge in [-0.3, -0.25) is 4.79 Å². The van der Waals surface area contributed by atoms with E-state index in [2.05, 4.69) is 10.4 Å². The van der Waals surface area contributed by atoms with E-state index in [-0.39, 0.29) is 22.8 Å². The Morgan fingerprint density at radius 1 is 0.879 bits per heavy atom. The summed E-state index contributed by atoms with van der Waals surface area (Å²) in [6, 6.07) is 16.6. The van der Waals surface area contributed by atoms with Crippen molar-refractivity contribution >= 4 is 11.6 Å². The third-order valence-corrected chi connectivity index (χ3v) is 5.84. The number of nitrogens with zero attached hydrogens (tertiary/aromatic N) is 2. The summed E-state index contributed by atoms with van der Waals surface area (Å²) in [4.78, 5) is 13.3. The molecule has 0 radical (unpaired) electrons. The molecule has 1 aliphatic carbocycles. The van der Waals surface area contributed by atoms with Gasteiger partial charge in [0.25, 0.3) is 5.91 Å². The van der Waals surface area contributed by atoms with Gasteiger partial charge in [0.15, 0.2) is 5.69 Å². The molecular weight excluding hydrogens is 427 g/mol. The molecule has 0 aliphatic heterocycles. The van der Waals surface area contributed by atoms with Gasteiger partial charge in [0.05, 0.1) is 11.4 Å². The molecule has 1 aromatic heterocycles. The molecular formula is C26H20F3N3O. The summed E-state index contributed by atoms with van der Waals surface area (Å²) in [6.45, 7) is 0. The third kappa shape index (κ3) is 4.02. The van der Waals surface area contributed by atoms with E-state index in [0.717, 1.165) is 36.6 Å². The first kappa shape index (κ1) is 21.0. The third-order valence-electron chi connectivity index (χ3n) is 5.84. The Labute approximate surface area is 188 Å². The van der Waals surface area contributed by atoms with Crippen molar-refractivity contribution in [3.8, 4) is 16.8 Å². The monoisotopic (exact) mass is 447 g/mol. The summed E-state index contributed by atoms with van der Waals surface area (Å²) < 4.78 is 43.9. The van der Waals surface area contributed by atoms with Gasteiger partial charge in [-0.05, 0) is 61.6 Å². The number of hydrogen-bond donors (Lipinski definition) is 1. The van der Waals surface area contributed by atoms with Crippen molar-refractivity contribution in [3.63, 3.8) is 0 Å². The van der Waals surface area contributed by atoms with Gasteiger partial charge in [-0.1, -0.05) is 30.3 Å². The van der Waals surface area contributed by atoms with Crippen LogP contribution in [0.5, 0.6) is 0 Å². The molecule has 5 rings (SSSR count). The fraction of sp³-hybridized carbons (Fsp3) is 0.154. The Morgan fingerprint density at radius 3 is 2.36 bits per heavy atom. The van der Waals surface area contributed by atoms with Gasteiger partial charge in [0, 0.05) is 22.9 Å². The quantitative estimate of drug-likeness (QED) is 0.412. The smallest absolute Gasteiger partial charge is 0.276 e. The van der Waals surface area contributed by atoms with Crippen LogP contribution < -0.4 is 5.32 Å². The molecule has 33 heavy (non-hydrogen) atoms. The van der Waals surface area contributed by atoms with Crippen LogP contribution >= 0.6 is 0 Å². The topological polar surface area (TPSA) is 46.9 Å². The van der Waals surface area contributed by atoms with E-state index in [1.165, 1.54) is 18.2 Å². The Hall–Kier alpha value is -3.87. The fourth-order valence-electron chi connectivity index (χ4n) is 4.30. The zero-order valence-electron chi connectivity index (χ0n) is 17.6. The van der Waals surface area contributed by atoms with Crippen molar-refractivity contribution in [2.24, 2.45) is 0 Å². The highest BCUT2D eigenvalue weighted by atomic mass is 19.1. The van der Waals surface area contributed by atoms with Crippen LogP contribution in [-0.2, 0) is 12.8 Å². The average molecular weight is 447 g/mol. The van der Waals surface area contributed by atoms with Crippen LogP contribution in [0.25, 0.3) is 16.8 Å². The van der Waals surface area contributed by atoms with Crippen LogP contribution in [0.1, 0.15) is 34.6 Å². The van der Waals surface area contributed by atoms with E-state index in [1.54, 1.807) is 47.1 Å². The second-order valence-electron chi connectivity index (χ2n) is 8.00. The SMILES string of the molecule is O=C(Nc1c(F)cc(F)cc1-c1ccccc1)c1nn(-c2ccc(F)cc2)c2c1CCCC2. The van der Waals surface area contributed by atoms with Gasteiger partial charge < -0.3 is 5.32 Å². The normalized spacial score (nSPS) is 12.9. The van der Waals surface area contributed by atoms with Crippen LogP contribution in [0.4, 0.5) is 18.9 Å². The number of carbonyl (C=O) groups is 1. The molecule has 0 spiro atoms. The second-order valence-corrected chi connectivity index (χ2v) is 8.00. The number of hydrogen-bond acceptors (Lipinski definition) is 2. The summed E-state index contributed by atoms with van der Waals surface area (Å²) in [5.74, 6) is -2.54. The van der Waals surface area contributed by atoms with Crippen LogP contribution in [0.15, 0.2) is 66.7 Å². The number of halogens is 3. The predicted octanol–water partition coefficient (Wildman–Crippen LogP) is 6.09. The molecule has 166 valence electrons. The molecule has 3 aromatic carbocycles. The molecule has 7 heteroatoms. The first-order valence-corrected chi connectivity index (χ1v) is 10.7. The van der Waals surface area contributed by atoms with Crippen molar-refractivity contribution in [3.05, 3.63) is 101 Å². The summed E-state index contributed by atoms with van der Waals surface area (Å²) in [5.41, 5.74) is 3.24. The van der Waals surface area contributed by atoms with Crippen molar-refractivity contribution in [1.82, 2.24) is 9.78 Å². The number of amides is 1. The lowest BCUT2D eigenvalue weighted by Crippen LogP contribution is -2.17. The molecule has 0 atom stereocenters. The van der Waals surface area contributed by atoms with E-state index in [4.69, 9.17) is 0 Å². The number of anilines is 1. The van der Waals surface area contributed by atoms with Crippen molar-refractivity contribution in [1.29, 1.82) is 0 Å². The standard InChI is InChI=1S/C26H20F3N3O/c27-17-10-12-19(13-11-17)32-23-9-5-4-8-20(23)25(31-32)26(33)30-24-21(14-18(28)15-22(24)29)16-6-2-1-3-7-16/h1-3,6-7,10-15H,4-5,8-9H2,(H,30,33). The maximum Gasteiger partial charge on any atom is 0.276 e. The first-order chi connectivity index (χ1) is 16.0. The lowest BCUT2D eigenvalue weighted by atomic mass is 9.95. The summed E-state index contributed by atoms with van der Waals surface area (Å²) in [6.07, 6.45) is 3.25. The molecule has 4 nitrogen and oxygen atoms in total. The molecule has 0 saturated carbocycles. The first-order valence-electron chi connectivity index (χ1n) is 10.7. The molecule has 1 aliphatic rings. The van der Waals surface area contributed by atoms with Gasteiger partial charge >= 0.3 is 0 Å². The van der Waals surface area contributed by atoms with Crippen LogP contribution in [0, 0.1) is 17.5 Å². The minimum atomic E-state index is -0.867. The van der Waals surface area contributed by atoms with E-state index < -0.39 is 17.5 Å². The van der Waals surface area contributed by atoms with Gasteiger partial charge in [-0.2, -0.15) is 5.10 Å². The summed E-state index contributed by atoms with van der Waals surface area (Å²) in [5, 5.41) is 7.15. The molecule has 0 fully saturated rings. The van der Waals surface area contributed by atoms with Gasteiger partial charge in [0.1, 0.15) is 17.5 Å². The number of nitrogens with one attached hydrogen (secondary N) is 1. The minimum absolute atomic E-state index is 0.103.